The van der Waals surface area contributed by atoms with Crippen LogP contribution < -0.4 is 5.32 Å². The highest BCUT2D eigenvalue weighted by molar-refractivity contribution is 4.82. The van der Waals surface area contributed by atoms with Crippen LogP contribution in [0.5, 0.6) is 0 Å². The second kappa shape index (κ2) is 10.7. The van der Waals surface area contributed by atoms with E-state index in [4.69, 9.17) is 14.2 Å². The van der Waals surface area contributed by atoms with Crippen LogP contribution in [-0.2, 0) is 14.2 Å². The van der Waals surface area contributed by atoms with Crippen molar-refractivity contribution in [3.8, 4) is 0 Å². The lowest BCUT2D eigenvalue weighted by atomic mass is 10.2. The zero-order valence-electron chi connectivity index (χ0n) is 12.0. The van der Waals surface area contributed by atoms with Gasteiger partial charge in [0.15, 0.2) is 0 Å². The minimum Gasteiger partial charge on any atom is -0.382 e. The summed E-state index contributed by atoms with van der Waals surface area (Å²) in [5, 5.41) is 3.54. The Kier molecular flexibility index (Phi) is 9.48. The molecule has 0 spiro atoms. The second-order valence-electron chi connectivity index (χ2n) is 4.92. The fourth-order valence-corrected chi connectivity index (χ4v) is 1.81. The maximum Gasteiger partial charge on any atom is 0.0700 e. The van der Waals surface area contributed by atoms with Crippen molar-refractivity contribution in [3.05, 3.63) is 0 Å². The molecular weight excluding hydrogens is 230 g/mol. The average Bonchev–Trinajstić information content (AvgIpc) is 3.18. The highest BCUT2D eigenvalue weighted by atomic mass is 16.5. The van der Waals surface area contributed by atoms with Gasteiger partial charge >= 0.3 is 0 Å². The molecule has 0 amide bonds. The van der Waals surface area contributed by atoms with Crippen LogP contribution in [0.3, 0.4) is 0 Å². The van der Waals surface area contributed by atoms with Crippen molar-refractivity contribution in [2.24, 2.45) is 0 Å². The predicted octanol–water partition coefficient (Wildman–Crippen LogP) is 1.98. The summed E-state index contributed by atoms with van der Waals surface area (Å²) in [5.74, 6) is 0. The maximum atomic E-state index is 5.89. The lowest BCUT2D eigenvalue weighted by Crippen LogP contribution is -2.31. The minimum atomic E-state index is 0.370. The van der Waals surface area contributed by atoms with Gasteiger partial charge in [-0.25, -0.2) is 0 Å². The van der Waals surface area contributed by atoms with Crippen molar-refractivity contribution in [3.63, 3.8) is 0 Å². The van der Waals surface area contributed by atoms with Gasteiger partial charge in [0.25, 0.3) is 0 Å². The molecule has 1 N–H and O–H groups in total. The van der Waals surface area contributed by atoms with Crippen LogP contribution in [0.1, 0.15) is 39.0 Å². The summed E-state index contributed by atoms with van der Waals surface area (Å²) in [6.07, 6.45) is 6.34. The van der Waals surface area contributed by atoms with Gasteiger partial charge in [0.1, 0.15) is 0 Å². The quantitative estimate of drug-likeness (QED) is 0.513. The average molecular weight is 259 g/mol. The Morgan fingerprint density at radius 1 is 1.17 bits per heavy atom. The Morgan fingerprint density at radius 2 is 2.00 bits per heavy atom. The molecule has 108 valence electrons. The number of rotatable bonds is 13. The van der Waals surface area contributed by atoms with Gasteiger partial charge in [-0.15, -0.1) is 0 Å². The van der Waals surface area contributed by atoms with Crippen LogP contribution in [0.15, 0.2) is 0 Å². The van der Waals surface area contributed by atoms with E-state index in [0.29, 0.717) is 19.3 Å². The van der Waals surface area contributed by atoms with E-state index in [-0.39, 0.29) is 0 Å². The molecule has 18 heavy (non-hydrogen) atoms. The summed E-state index contributed by atoms with van der Waals surface area (Å²) in [6, 6.07) is 0.769. The number of nitrogens with one attached hydrogen (secondary N) is 1. The van der Waals surface area contributed by atoms with Gasteiger partial charge in [-0.1, -0.05) is 13.3 Å². The summed E-state index contributed by atoms with van der Waals surface area (Å²) < 4.78 is 16.2. The standard InChI is InChI=1S/C14H29NO3/c1-3-5-14(12-15-13-6-7-13)18-9-4-8-17-11-10-16-2/h13-15H,3-12H2,1-2H3. The van der Waals surface area contributed by atoms with E-state index < -0.39 is 0 Å². The molecule has 0 aromatic rings. The molecular formula is C14H29NO3. The molecule has 0 bridgehead atoms. The number of hydrogen-bond acceptors (Lipinski definition) is 4. The molecule has 0 aromatic carbocycles. The maximum absolute atomic E-state index is 5.89. The summed E-state index contributed by atoms with van der Waals surface area (Å²) in [4.78, 5) is 0. The Hall–Kier alpha value is -0.160. The smallest absolute Gasteiger partial charge is 0.0700 e. The Bertz CT molecular complexity index is 186. The third-order valence-corrected chi connectivity index (χ3v) is 3.04. The van der Waals surface area contributed by atoms with Crippen molar-refractivity contribution >= 4 is 0 Å². The molecule has 1 atom stereocenters. The van der Waals surface area contributed by atoms with Crippen LogP contribution >= 0.6 is 0 Å². The monoisotopic (exact) mass is 259 g/mol. The first-order chi connectivity index (χ1) is 8.86. The zero-order chi connectivity index (χ0) is 13.1. The van der Waals surface area contributed by atoms with Crippen molar-refractivity contribution < 1.29 is 14.2 Å². The van der Waals surface area contributed by atoms with E-state index in [2.05, 4.69) is 12.2 Å². The molecule has 4 heteroatoms. The Morgan fingerprint density at radius 3 is 2.67 bits per heavy atom. The first-order valence-electron chi connectivity index (χ1n) is 7.28. The predicted molar refractivity (Wildman–Crippen MR) is 73.0 cm³/mol. The third kappa shape index (κ3) is 8.86. The van der Waals surface area contributed by atoms with Gasteiger partial charge < -0.3 is 19.5 Å². The molecule has 0 radical (unpaired) electrons. The zero-order valence-corrected chi connectivity index (χ0v) is 12.0. The van der Waals surface area contributed by atoms with Gasteiger partial charge in [-0.05, 0) is 25.7 Å². The molecule has 1 aliphatic rings. The summed E-state index contributed by atoms with van der Waals surface area (Å²) in [7, 11) is 1.69. The van der Waals surface area contributed by atoms with Crippen LogP contribution in [0.25, 0.3) is 0 Å². The second-order valence-corrected chi connectivity index (χ2v) is 4.92. The van der Waals surface area contributed by atoms with Gasteiger partial charge in [-0.2, -0.15) is 0 Å². The molecule has 1 unspecified atom stereocenters. The highest BCUT2D eigenvalue weighted by Crippen LogP contribution is 2.18. The van der Waals surface area contributed by atoms with Crippen LogP contribution in [0, 0.1) is 0 Å². The summed E-state index contributed by atoms with van der Waals surface area (Å²) in [6.45, 7) is 6.12. The highest BCUT2D eigenvalue weighted by Gasteiger charge is 2.21. The molecule has 0 aromatic heterocycles. The van der Waals surface area contributed by atoms with Crippen molar-refractivity contribution in [1.82, 2.24) is 5.32 Å². The van der Waals surface area contributed by atoms with E-state index in [1.54, 1.807) is 7.11 Å². The number of ether oxygens (including phenoxy) is 3. The van der Waals surface area contributed by atoms with Gasteiger partial charge in [0.05, 0.1) is 19.3 Å². The van der Waals surface area contributed by atoms with Crippen LogP contribution in [-0.4, -0.2) is 52.2 Å². The van der Waals surface area contributed by atoms with E-state index in [1.807, 2.05) is 0 Å². The Labute approximate surface area is 111 Å². The molecule has 1 aliphatic carbocycles. The number of methoxy groups -OCH3 is 1. The lowest BCUT2D eigenvalue weighted by molar-refractivity contribution is 0.0202. The van der Waals surface area contributed by atoms with Crippen molar-refractivity contribution in [2.75, 3.05) is 40.1 Å². The minimum absolute atomic E-state index is 0.370. The fraction of sp³-hybridized carbons (Fsp3) is 1.00. The summed E-state index contributed by atoms with van der Waals surface area (Å²) in [5.41, 5.74) is 0. The fourth-order valence-electron chi connectivity index (χ4n) is 1.81. The third-order valence-electron chi connectivity index (χ3n) is 3.04. The number of hydrogen-bond donors (Lipinski definition) is 1. The summed E-state index contributed by atoms with van der Waals surface area (Å²) >= 11 is 0. The van der Waals surface area contributed by atoms with Crippen molar-refractivity contribution in [1.29, 1.82) is 0 Å². The van der Waals surface area contributed by atoms with Gasteiger partial charge in [0, 0.05) is 32.9 Å². The van der Waals surface area contributed by atoms with E-state index in [9.17, 15) is 0 Å². The molecule has 1 saturated carbocycles. The van der Waals surface area contributed by atoms with Crippen LogP contribution in [0.2, 0.25) is 0 Å². The normalized spacial score (nSPS) is 17.0. The molecule has 0 aliphatic heterocycles. The van der Waals surface area contributed by atoms with Crippen LogP contribution in [0.4, 0.5) is 0 Å². The van der Waals surface area contributed by atoms with E-state index in [0.717, 1.165) is 38.6 Å². The molecule has 0 saturated heterocycles. The van der Waals surface area contributed by atoms with Crippen molar-refractivity contribution in [2.45, 2.75) is 51.2 Å². The van der Waals surface area contributed by atoms with Gasteiger partial charge in [-0.3, -0.25) is 0 Å². The molecule has 4 nitrogen and oxygen atoms in total. The first-order valence-corrected chi connectivity index (χ1v) is 7.28. The largest absolute Gasteiger partial charge is 0.382 e. The first kappa shape index (κ1) is 15.9. The molecule has 1 fully saturated rings. The Balaban J connectivity index is 1.91. The molecule has 0 heterocycles. The van der Waals surface area contributed by atoms with E-state index in [1.165, 1.54) is 19.3 Å². The van der Waals surface area contributed by atoms with Gasteiger partial charge in [0.2, 0.25) is 0 Å². The molecule has 1 rings (SSSR count). The van der Waals surface area contributed by atoms with E-state index >= 15 is 0 Å². The topological polar surface area (TPSA) is 39.7 Å². The lowest BCUT2D eigenvalue weighted by Gasteiger charge is -2.18. The SMILES string of the molecule is CCCC(CNC1CC1)OCCCOCCOC.